The molecule has 6 heteroatoms. The zero-order valence-corrected chi connectivity index (χ0v) is 20.7. The third-order valence-electron chi connectivity index (χ3n) is 5.12. The van der Waals surface area contributed by atoms with Crippen LogP contribution in [-0.4, -0.2) is 38.9 Å². The first-order valence-electron chi connectivity index (χ1n) is 11.9. The summed E-state index contributed by atoms with van der Waals surface area (Å²) in [6.45, 7) is 6.94. The Morgan fingerprint density at radius 2 is 1.59 bits per heavy atom. The summed E-state index contributed by atoms with van der Waals surface area (Å²) in [6, 6.07) is 13.6. The lowest BCUT2D eigenvalue weighted by atomic mass is 10.0. The molecule has 6 nitrogen and oxygen atoms in total. The first kappa shape index (κ1) is 27.0. The fraction of sp³-hybridized carbons (Fsp3) is 0.429. The van der Waals surface area contributed by atoms with Crippen LogP contribution in [0.2, 0.25) is 0 Å². The molecule has 0 radical (unpaired) electrons. The van der Waals surface area contributed by atoms with Crippen LogP contribution in [0.1, 0.15) is 52.0 Å². The van der Waals surface area contributed by atoms with Gasteiger partial charge in [-0.05, 0) is 68.0 Å². The molecule has 0 aliphatic rings. The predicted molar refractivity (Wildman–Crippen MR) is 134 cm³/mol. The second kappa shape index (κ2) is 14.8. The van der Waals surface area contributed by atoms with Crippen molar-refractivity contribution < 1.29 is 28.5 Å². The highest BCUT2D eigenvalue weighted by Gasteiger charge is 2.09. The first-order chi connectivity index (χ1) is 16.4. The van der Waals surface area contributed by atoms with Crippen molar-refractivity contribution in [3.8, 4) is 22.6 Å². The SMILES string of the molecule is CCOc1cc(/C=C/C(=O)OCCCCCCOC(=O)C(C)C)ccc1-c1ccc(OC)cc1. The van der Waals surface area contributed by atoms with Crippen LogP contribution < -0.4 is 9.47 Å². The molecule has 0 fully saturated rings. The van der Waals surface area contributed by atoms with Crippen LogP contribution in [0.3, 0.4) is 0 Å². The quantitative estimate of drug-likeness (QED) is 0.190. The third kappa shape index (κ3) is 9.30. The van der Waals surface area contributed by atoms with E-state index in [9.17, 15) is 9.59 Å². The van der Waals surface area contributed by atoms with Gasteiger partial charge in [0, 0.05) is 11.6 Å². The maximum absolute atomic E-state index is 12.0. The van der Waals surface area contributed by atoms with Gasteiger partial charge in [-0.15, -0.1) is 0 Å². The van der Waals surface area contributed by atoms with Gasteiger partial charge in [-0.2, -0.15) is 0 Å². The standard InChI is InChI=1S/C28H36O6/c1-5-32-26-20-22(10-16-25(26)23-12-14-24(31-4)15-13-23)11-17-27(29)33-18-8-6-7-9-19-34-28(30)21(2)3/h10-17,20-21H,5-9,18-19H2,1-4H3/b17-11+. The maximum Gasteiger partial charge on any atom is 0.330 e. The zero-order valence-electron chi connectivity index (χ0n) is 20.7. The Kier molecular flexibility index (Phi) is 11.7. The number of benzene rings is 2. The number of methoxy groups -OCH3 is 1. The number of rotatable bonds is 14. The largest absolute Gasteiger partial charge is 0.497 e. The molecule has 0 bridgehead atoms. The molecular weight excluding hydrogens is 432 g/mol. The number of hydrogen-bond acceptors (Lipinski definition) is 6. The molecule has 0 aliphatic carbocycles. The summed E-state index contributed by atoms with van der Waals surface area (Å²) in [7, 11) is 1.64. The Balaban J connectivity index is 1.79. The van der Waals surface area contributed by atoms with Gasteiger partial charge in [0.2, 0.25) is 0 Å². The summed E-state index contributed by atoms with van der Waals surface area (Å²) in [5.41, 5.74) is 2.86. The minimum Gasteiger partial charge on any atom is -0.497 e. The lowest BCUT2D eigenvalue weighted by Gasteiger charge is -2.12. The van der Waals surface area contributed by atoms with E-state index in [-0.39, 0.29) is 17.9 Å². The third-order valence-corrected chi connectivity index (χ3v) is 5.12. The van der Waals surface area contributed by atoms with Gasteiger partial charge in [0.05, 0.1) is 32.8 Å². The van der Waals surface area contributed by atoms with Gasteiger partial charge in [0.15, 0.2) is 0 Å². The van der Waals surface area contributed by atoms with E-state index in [0.29, 0.717) is 19.8 Å². The Bertz CT molecular complexity index is 930. The smallest absolute Gasteiger partial charge is 0.330 e. The van der Waals surface area contributed by atoms with Crippen LogP contribution in [-0.2, 0) is 19.1 Å². The average molecular weight is 469 g/mol. The lowest BCUT2D eigenvalue weighted by Crippen LogP contribution is -2.12. The van der Waals surface area contributed by atoms with Crippen LogP contribution in [0.25, 0.3) is 17.2 Å². The first-order valence-corrected chi connectivity index (χ1v) is 11.9. The summed E-state index contributed by atoms with van der Waals surface area (Å²) in [6.07, 6.45) is 6.61. The summed E-state index contributed by atoms with van der Waals surface area (Å²) in [4.78, 5) is 23.4. The molecule has 0 spiro atoms. The van der Waals surface area contributed by atoms with E-state index in [2.05, 4.69) is 0 Å². The molecule has 0 amide bonds. The van der Waals surface area contributed by atoms with Crippen molar-refractivity contribution in [2.75, 3.05) is 26.9 Å². The molecule has 0 aromatic heterocycles. The fourth-order valence-corrected chi connectivity index (χ4v) is 3.21. The molecule has 0 aliphatic heterocycles. The Hall–Kier alpha value is -3.28. The molecule has 0 saturated heterocycles. The average Bonchev–Trinajstić information content (AvgIpc) is 2.84. The van der Waals surface area contributed by atoms with Crippen molar-refractivity contribution in [1.29, 1.82) is 0 Å². The number of ether oxygens (including phenoxy) is 4. The second-order valence-corrected chi connectivity index (χ2v) is 8.15. The zero-order chi connectivity index (χ0) is 24.8. The number of unbranched alkanes of at least 4 members (excludes halogenated alkanes) is 3. The predicted octanol–water partition coefficient (Wildman–Crippen LogP) is 6.08. The highest BCUT2D eigenvalue weighted by atomic mass is 16.5. The molecule has 2 aromatic rings. The van der Waals surface area contributed by atoms with Gasteiger partial charge in [-0.3, -0.25) is 4.79 Å². The number of hydrogen-bond donors (Lipinski definition) is 0. The van der Waals surface area contributed by atoms with Gasteiger partial charge in [0.1, 0.15) is 11.5 Å². The van der Waals surface area contributed by atoms with Gasteiger partial charge in [0.25, 0.3) is 0 Å². The summed E-state index contributed by atoms with van der Waals surface area (Å²) < 4.78 is 21.5. The van der Waals surface area contributed by atoms with Gasteiger partial charge in [-0.1, -0.05) is 38.1 Å². The molecule has 0 unspecified atom stereocenters. The van der Waals surface area contributed by atoms with Crippen molar-refractivity contribution in [2.45, 2.75) is 46.5 Å². The lowest BCUT2D eigenvalue weighted by molar-refractivity contribution is -0.147. The monoisotopic (exact) mass is 468 g/mol. The fourth-order valence-electron chi connectivity index (χ4n) is 3.21. The highest BCUT2D eigenvalue weighted by Crippen LogP contribution is 2.32. The Labute approximate surface area is 202 Å². The number of carbonyl (C=O) groups excluding carboxylic acids is 2. The van der Waals surface area contributed by atoms with Crippen LogP contribution in [0.5, 0.6) is 11.5 Å². The van der Waals surface area contributed by atoms with Crippen LogP contribution >= 0.6 is 0 Å². The van der Waals surface area contributed by atoms with E-state index in [1.54, 1.807) is 13.2 Å². The Morgan fingerprint density at radius 1 is 0.912 bits per heavy atom. The normalized spacial score (nSPS) is 11.0. The van der Waals surface area contributed by atoms with Gasteiger partial charge >= 0.3 is 11.9 Å². The highest BCUT2D eigenvalue weighted by molar-refractivity contribution is 5.87. The summed E-state index contributed by atoms with van der Waals surface area (Å²) in [5, 5.41) is 0. The van der Waals surface area contributed by atoms with Crippen molar-refractivity contribution in [3.63, 3.8) is 0 Å². The van der Waals surface area contributed by atoms with Crippen molar-refractivity contribution >= 4 is 18.0 Å². The Morgan fingerprint density at radius 3 is 2.21 bits per heavy atom. The molecule has 0 heterocycles. The minimum absolute atomic E-state index is 0.0929. The van der Waals surface area contributed by atoms with Gasteiger partial charge < -0.3 is 18.9 Å². The minimum atomic E-state index is -0.372. The van der Waals surface area contributed by atoms with E-state index >= 15 is 0 Å². The van der Waals surface area contributed by atoms with E-state index in [1.165, 1.54) is 6.08 Å². The topological polar surface area (TPSA) is 71.1 Å². The molecule has 2 aromatic carbocycles. The van der Waals surface area contributed by atoms with Crippen molar-refractivity contribution in [1.82, 2.24) is 0 Å². The molecule has 0 saturated carbocycles. The molecule has 0 atom stereocenters. The van der Waals surface area contributed by atoms with E-state index < -0.39 is 0 Å². The molecule has 0 N–H and O–H groups in total. The maximum atomic E-state index is 12.0. The molecule has 2 rings (SSSR count). The van der Waals surface area contributed by atoms with E-state index in [0.717, 1.165) is 53.9 Å². The van der Waals surface area contributed by atoms with E-state index in [1.807, 2.05) is 63.2 Å². The number of esters is 2. The van der Waals surface area contributed by atoms with Crippen LogP contribution in [0.15, 0.2) is 48.5 Å². The molecule has 184 valence electrons. The van der Waals surface area contributed by atoms with Gasteiger partial charge in [-0.25, -0.2) is 4.79 Å². The summed E-state index contributed by atoms with van der Waals surface area (Å²) >= 11 is 0. The van der Waals surface area contributed by atoms with E-state index in [4.69, 9.17) is 18.9 Å². The molecule has 34 heavy (non-hydrogen) atoms. The molecular formula is C28H36O6. The van der Waals surface area contributed by atoms with Crippen LogP contribution in [0.4, 0.5) is 0 Å². The second-order valence-electron chi connectivity index (χ2n) is 8.15. The van der Waals surface area contributed by atoms with Crippen molar-refractivity contribution in [2.24, 2.45) is 5.92 Å². The summed E-state index contributed by atoms with van der Waals surface area (Å²) in [5.74, 6) is 0.923. The van der Waals surface area contributed by atoms with Crippen LogP contribution in [0, 0.1) is 5.92 Å². The van der Waals surface area contributed by atoms with Crippen molar-refractivity contribution in [3.05, 3.63) is 54.1 Å². The number of carbonyl (C=O) groups is 2.